The van der Waals surface area contributed by atoms with Crippen molar-refractivity contribution in [3.8, 4) is 0 Å². The van der Waals surface area contributed by atoms with Crippen molar-refractivity contribution in [1.29, 1.82) is 0 Å². The Morgan fingerprint density at radius 2 is 1.75 bits per heavy atom. The van der Waals surface area contributed by atoms with Crippen LogP contribution in [0.4, 0.5) is 4.39 Å². The molecule has 0 fully saturated rings. The van der Waals surface area contributed by atoms with E-state index in [1.165, 1.54) is 6.07 Å². The maximum atomic E-state index is 12.9. The van der Waals surface area contributed by atoms with Gasteiger partial charge in [0.25, 0.3) is 0 Å². The number of fused-ring (bicyclic) bond motifs is 1. The molecule has 0 heterocycles. The maximum Gasteiger partial charge on any atom is 0.142 e. The van der Waals surface area contributed by atoms with E-state index in [4.69, 9.17) is 11.6 Å². The highest BCUT2D eigenvalue weighted by Gasteiger charge is 2.02. The molecule has 0 saturated carbocycles. The van der Waals surface area contributed by atoms with Gasteiger partial charge in [-0.2, -0.15) is 0 Å². The van der Waals surface area contributed by atoms with Crippen LogP contribution in [-0.4, -0.2) is 0 Å². The zero-order valence-electron chi connectivity index (χ0n) is 6.22. The molecule has 0 N–H and O–H groups in total. The molecule has 60 valence electrons. The second-order valence-corrected chi connectivity index (χ2v) is 2.96. The summed E-state index contributed by atoms with van der Waals surface area (Å²) >= 11 is 5.75. The molecule has 2 heteroatoms. The van der Waals surface area contributed by atoms with Gasteiger partial charge in [0.15, 0.2) is 0 Å². The standard InChI is InChI=1S/C10H6ClF/c11-10-8-4-2-1-3-7(8)5-6-9(10)12/h1-6H. The molecule has 0 unspecified atom stereocenters. The molecule has 0 radical (unpaired) electrons. The van der Waals surface area contributed by atoms with Gasteiger partial charge in [-0.05, 0) is 11.5 Å². The van der Waals surface area contributed by atoms with Crippen molar-refractivity contribution in [2.75, 3.05) is 0 Å². The Hall–Kier alpha value is -1.08. The molecule has 0 saturated heterocycles. The molecule has 0 aliphatic carbocycles. The minimum Gasteiger partial charge on any atom is -0.205 e. The monoisotopic (exact) mass is 180 g/mol. The minimum atomic E-state index is -0.365. The van der Waals surface area contributed by atoms with Crippen LogP contribution < -0.4 is 0 Å². The molecule has 0 bridgehead atoms. The summed E-state index contributed by atoms with van der Waals surface area (Å²) in [6.07, 6.45) is 0. The van der Waals surface area contributed by atoms with Crippen molar-refractivity contribution in [2.45, 2.75) is 0 Å². The summed E-state index contributed by atoms with van der Waals surface area (Å²) < 4.78 is 12.9. The van der Waals surface area contributed by atoms with E-state index in [0.717, 1.165) is 10.8 Å². The van der Waals surface area contributed by atoms with E-state index in [0.29, 0.717) is 0 Å². The molecule has 0 nitrogen and oxygen atoms in total. The predicted molar refractivity (Wildman–Crippen MR) is 48.9 cm³/mol. The third kappa shape index (κ3) is 1.07. The Bertz CT molecular complexity index is 423. The van der Waals surface area contributed by atoms with Crippen LogP contribution >= 0.6 is 11.6 Å². The zero-order valence-corrected chi connectivity index (χ0v) is 6.98. The second-order valence-electron chi connectivity index (χ2n) is 2.58. The molecule has 0 aliphatic heterocycles. The van der Waals surface area contributed by atoms with E-state index in [1.807, 2.05) is 18.2 Å². The van der Waals surface area contributed by atoms with Gasteiger partial charge in [0.05, 0.1) is 5.02 Å². The quantitative estimate of drug-likeness (QED) is 0.581. The summed E-state index contributed by atoms with van der Waals surface area (Å²) in [7, 11) is 0. The predicted octanol–water partition coefficient (Wildman–Crippen LogP) is 3.63. The van der Waals surface area contributed by atoms with Gasteiger partial charge >= 0.3 is 0 Å². The lowest BCUT2D eigenvalue weighted by atomic mass is 10.1. The van der Waals surface area contributed by atoms with Gasteiger partial charge < -0.3 is 0 Å². The van der Waals surface area contributed by atoms with Crippen molar-refractivity contribution >= 4 is 22.4 Å². The van der Waals surface area contributed by atoms with E-state index in [2.05, 4.69) is 0 Å². The first-order valence-corrected chi connectivity index (χ1v) is 3.99. The van der Waals surface area contributed by atoms with Crippen molar-refractivity contribution in [2.24, 2.45) is 0 Å². The molecule has 0 aliphatic rings. The highest BCUT2D eigenvalue weighted by molar-refractivity contribution is 6.35. The Labute approximate surface area is 74.6 Å². The lowest BCUT2D eigenvalue weighted by Gasteiger charge is -1.99. The lowest BCUT2D eigenvalue weighted by Crippen LogP contribution is -1.78. The van der Waals surface area contributed by atoms with Gasteiger partial charge in [0, 0.05) is 5.39 Å². The topological polar surface area (TPSA) is 0 Å². The van der Waals surface area contributed by atoms with Crippen LogP contribution in [0.5, 0.6) is 0 Å². The second kappa shape index (κ2) is 2.76. The van der Waals surface area contributed by atoms with Gasteiger partial charge in [0.2, 0.25) is 0 Å². The molecule has 0 atom stereocenters. The summed E-state index contributed by atoms with van der Waals surface area (Å²) in [6.45, 7) is 0. The summed E-state index contributed by atoms with van der Waals surface area (Å²) in [4.78, 5) is 0. The van der Waals surface area contributed by atoms with Gasteiger partial charge in [-0.1, -0.05) is 41.9 Å². The van der Waals surface area contributed by atoms with Crippen LogP contribution in [0.25, 0.3) is 10.8 Å². The number of benzene rings is 2. The van der Waals surface area contributed by atoms with Crippen LogP contribution in [0.15, 0.2) is 36.4 Å². The molecule has 0 aromatic heterocycles. The Kier molecular flexibility index (Phi) is 1.74. The Morgan fingerprint density at radius 1 is 1.00 bits per heavy atom. The third-order valence-corrected chi connectivity index (χ3v) is 2.20. The normalized spacial score (nSPS) is 10.5. The van der Waals surface area contributed by atoms with Crippen LogP contribution in [0.2, 0.25) is 5.02 Å². The van der Waals surface area contributed by atoms with Gasteiger partial charge in [0.1, 0.15) is 5.82 Å². The van der Waals surface area contributed by atoms with Crippen LogP contribution in [-0.2, 0) is 0 Å². The first-order chi connectivity index (χ1) is 5.79. The Morgan fingerprint density at radius 3 is 2.58 bits per heavy atom. The molecule has 0 spiro atoms. The molecular formula is C10H6ClF. The number of hydrogen-bond donors (Lipinski definition) is 0. The highest BCUT2D eigenvalue weighted by atomic mass is 35.5. The number of rotatable bonds is 0. The van der Waals surface area contributed by atoms with Crippen molar-refractivity contribution in [3.05, 3.63) is 47.2 Å². The fourth-order valence-corrected chi connectivity index (χ4v) is 1.44. The summed E-state index contributed by atoms with van der Waals surface area (Å²) in [5.41, 5.74) is 0. The maximum absolute atomic E-state index is 12.9. The van der Waals surface area contributed by atoms with E-state index in [1.54, 1.807) is 12.1 Å². The van der Waals surface area contributed by atoms with Gasteiger partial charge in [-0.15, -0.1) is 0 Å². The number of hydrogen-bond acceptors (Lipinski definition) is 0. The fourth-order valence-electron chi connectivity index (χ4n) is 1.21. The van der Waals surface area contributed by atoms with Crippen LogP contribution in [0.1, 0.15) is 0 Å². The third-order valence-electron chi connectivity index (χ3n) is 1.82. The molecule has 0 amide bonds. The van der Waals surface area contributed by atoms with E-state index in [9.17, 15) is 4.39 Å². The lowest BCUT2D eigenvalue weighted by molar-refractivity contribution is 0.630. The van der Waals surface area contributed by atoms with Crippen LogP contribution in [0, 0.1) is 5.82 Å². The number of halogens is 2. The fraction of sp³-hybridized carbons (Fsp3) is 0. The van der Waals surface area contributed by atoms with Crippen molar-refractivity contribution < 1.29 is 4.39 Å². The first kappa shape index (κ1) is 7.56. The molecule has 2 rings (SSSR count). The molecule has 2 aromatic carbocycles. The molecule has 12 heavy (non-hydrogen) atoms. The van der Waals surface area contributed by atoms with Gasteiger partial charge in [-0.3, -0.25) is 0 Å². The average molecular weight is 181 g/mol. The minimum absolute atomic E-state index is 0.202. The smallest absolute Gasteiger partial charge is 0.142 e. The van der Waals surface area contributed by atoms with Crippen molar-refractivity contribution in [1.82, 2.24) is 0 Å². The summed E-state index contributed by atoms with van der Waals surface area (Å²) in [5, 5.41) is 1.93. The molecular weight excluding hydrogens is 175 g/mol. The SMILES string of the molecule is Fc1ccc2ccccc2c1Cl. The highest BCUT2D eigenvalue weighted by Crippen LogP contribution is 2.25. The van der Waals surface area contributed by atoms with Gasteiger partial charge in [-0.25, -0.2) is 4.39 Å². The zero-order chi connectivity index (χ0) is 8.55. The summed E-state index contributed by atoms with van der Waals surface area (Å²) in [5.74, 6) is -0.365. The van der Waals surface area contributed by atoms with E-state index in [-0.39, 0.29) is 10.8 Å². The first-order valence-electron chi connectivity index (χ1n) is 3.62. The summed E-state index contributed by atoms with van der Waals surface area (Å²) in [6, 6.07) is 10.5. The average Bonchev–Trinajstić information content (AvgIpc) is 2.12. The van der Waals surface area contributed by atoms with E-state index < -0.39 is 0 Å². The van der Waals surface area contributed by atoms with E-state index >= 15 is 0 Å². The Balaban J connectivity index is 2.91. The largest absolute Gasteiger partial charge is 0.205 e. The van der Waals surface area contributed by atoms with Crippen LogP contribution in [0.3, 0.4) is 0 Å². The molecule has 2 aromatic rings. The van der Waals surface area contributed by atoms with Crippen molar-refractivity contribution in [3.63, 3.8) is 0 Å².